The summed E-state index contributed by atoms with van der Waals surface area (Å²) < 4.78 is 76.0. The van der Waals surface area contributed by atoms with E-state index < -0.39 is 48.3 Å². The van der Waals surface area contributed by atoms with Crippen LogP contribution in [0.25, 0.3) is 115 Å². The van der Waals surface area contributed by atoms with Crippen molar-refractivity contribution in [1.29, 1.82) is 0 Å². The number of benzene rings is 9. The van der Waals surface area contributed by atoms with Gasteiger partial charge in [0.05, 0.1) is 27.7 Å². The van der Waals surface area contributed by atoms with E-state index in [2.05, 4.69) is 66.7 Å². The monoisotopic (exact) mass is 816 g/mol. The molecule has 0 aliphatic rings. The third kappa shape index (κ3) is 6.18. The number of fused-ring (bicyclic) bond motifs is 6. The van der Waals surface area contributed by atoms with E-state index in [9.17, 15) is 2.74 Å². The summed E-state index contributed by atoms with van der Waals surface area (Å²) >= 11 is 1.75. The van der Waals surface area contributed by atoms with Gasteiger partial charge in [0.25, 0.3) is 0 Å². The largest absolute Gasteiger partial charge is 0.308 e. The van der Waals surface area contributed by atoms with Gasteiger partial charge in [-0.2, -0.15) is 0 Å². The molecule has 0 fully saturated rings. The van der Waals surface area contributed by atoms with Crippen molar-refractivity contribution < 1.29 is 11.0 Å². The van der Waals surface area contributed by atoms with Crippen molar-refractivity contribution in [2.24, 2.45) is 0 Å². The van der Waals surface area contributed by atoms with Gasteiger partial charge >= 0.3 is 0 Å². The summed E-state index contributed by atoms with van der Waals surface area (Å²) in [5, 5.41) is 2.34. The molecule has 4 nitrogen and oxygen atoms in total. The van der Waals surface area contributed by atoms with E-state index in [1.165, 1.54) is 24.7 Å². The summed E-state index contributed by atoms with van der Waals surface area (Å²) in [7, 11) is 0. The molecular formula is C57H36N4S. The lowest BCUT2D eigenvalue weighted by Gasteiger charge is -2.16. The lowest BCUT2D eigenvalue weighted by Crippen LogP contribution is -2.04. The predicted octanol–water partition coefficient (Wildman–Crippen LogP) is 15.3. The summed E-state index contributed by atoms with van der Waals surface area (Å²) in [5.41, 5.74) is 7.91. The average Bonchev–Trinajstić information content (AvgIpc) is 3.98. The first-order valence-corrected chi connectivity index (χ1v) is 21.0. The van der Waals surface area contributed by atoms with Crippen LogP contribution in [0, 0.1) is 0 Å². The molecular weight excluding hydrogens is 773 g/mol. The first-order chi connectivity index (χ1) is 34.0. The van der Waals surface area contributed by atoms with Gasteiger partial charge in [-0.25, -0.2) is 15.0 Å². The van der Waals surface area contributed by atoms with Crippen molar-refractivity contribution in [1.82, 2.24) is 19.5 Å². The van der Waals surface area contributed by atoms with Crippen LogP contribution in [0.2, 0.25) is 0 Å². The van der Waals surface area contributed by atoms with Gasteiger partial charge < -0.3 is 4.57 Å². The fraction of sp³-hybridized carbons (Fsp3) is 0. The standard InChI is InChI=1S/C57H36N4S/c1-3-15-37(16-4-1)39-29-31-40(32-30-39)55-58-56(43-20-13-19-42(35-43)44-24-14-25-48-47-23-9-12-28-53(47)62-54(44)48)60-57(59-55)49-34-33-41(38-17-5-2-6-18-38)36-52(49)61-50-26-10-7-21-45(50)46-22-8-11-27-51(46)61/h1-36H/i7D,8D,10D,11D,21D,22D,26D,27D. The molecule has 12 aromatic rings. The quantitative estimate of drug-likeness (QED) is 0.161. The van der Waals surface area contributed by atoms with Crippen LogP contribution >= 0.6 is 11.3 Å². The zero-order chi connectivity index (χ0) is 47.9. The van der Waals surface area contributed by atoms with E-state index in [1.807, 2.05) is 103 Å². The smallest absolute Gasteiger partial charge is 0.166 e. The molecule has 0 unspecified atom stereocenters. The Morgan fingerprint density at radius 2 is 0.903 bits per heavy atom. The highest BCUT2D eigenvalue weighted by atomic mass is 32.1. The van der Waals surface area contributed by atoms with E-state index in [1.54, 1.807) is 11.3 Å². The molecule has 0 saturated heterocycles. The van der Waals surface area contributed by atoms with Crippen molar-refractivity contribution >= 4 is 53.3 Å². The zero-order valence-corrected chi connectivity index (χ0v) is 33.7. The molecule has 3 heterocycles. The lowest BCUT2D eigenvalue weighted by molar-refractivity contribution is 1.06. The molecule has 5 heteroatoms. The topological polar surface area (TPSA) is 43.6 Å². The summed E-state index contributed by atoms with van der Waals surface area (Å²) in [4.78, 5) is 15.6. The molecule has 0 bridgehead atoms. The molecule has 0 spiro atoms. The van der Waals surface area contributed by atoms with Crippen molar-refractivity contribution in [3.8, 4) is 73.2 Å². The van der Waals surface area contributed by atoms with Crippen LogP contribution in [0.1, 0.15) is 11.0 Å². The lowest BCUT2D eigenvalue weighted by atomic mass is 10.00. The minimum absolute atomic E-state index is 0.00594. The Bertz CT molecular complexity index is 4020. The molecule has 0 N–H and O–H groups in total. The summed E-state index contributed by atoms with van der Waals surface area (Å²) in [6, 6.07) is 52.6. The van der Waals surface area contributed by atoms with E-state index in [4.69, 9.17) is 23.2 Å². The van der Waals surface area contributed by atoms with Crippen LogP contribution in [-0.2, 0) is 0 Å². The number of thiophene rings is 1. The van der Waals surface area contributed by atoms with Crippen LogP contribution in [0.3, 0.4) is 0 Å². The summed E-state index contributed by atoms with van der Waals surface area (Å²) in [5.74, 6) is 0.984. The first kappa shape index (κ1) is 28.5. The van der Waals surface area contributed by atoms with Gasteiger partial charge in [-0.3, -0.25) is 0 Å². The fourth-order valence-electron chi connectivity index (χ4n) is 8.37. The number of rotatable bonds is 7. The summed E-state index contributed by atoms with van der Waals surface area (Å²) in [6.45, 7) is 0. The number of aromatic nitrogens is 4. The maximum atomic E-state index is 9.37. The van der Waals surface area contributed by atoms with Crippen LogP contribution in [0.4, 0.5) is 0 Å². The zero-order valence-electron chi connectivity index (χ0n) is 40.9. The minimum atomic E-state index is -0.516. The van der Waals surface area contributed by atoms with Gasteiger partial charge in [-0.1, -0.05) is 182 Å². The van der Waals surface area contributed by atoms with Gasteiger partial charge in [0, 0.05) is 47.6 Å². The molecule has 9 aromatic carbocycles. The summed E-state index contributed by atoms with van der Waals surface area (Å²) in [6.07, 6.45) is 0. The normalized spacial score (nSPS) is 13.4. The first-order valence-electron chi connectivity index (χ1n) is 24.2. The molecule has 290 valence electrons. The molecule has 0 atom stereocenters. The number of hydrogen-bond donors (Lipinski definition) is 0. The second-order valence-electron chi connectivity index (χ2n) is 15.0. The Hall–Kier alpha value is -7.99. The Morgan fingerprint density at radius 3 is 1.65 bits per heavy atom. The molecule has 0 aliphatic carbocycles. The Balaban J connectivity index is 1.14. The molecule has 0 radical (unpaired) electrons. The molecule has 0 aliphatic heterocycles. The molecule has 0 amide bonds. The van der Waals surface area contributed by atoms with Gasteiger partial charge in [0.2, 0.25) is 0 Å². The van der Waals surface area contributed by atoms with Crippen LogP contribution in [-0.4, -0.2) is 19.5 Å². The second kappa shape index (κ2) is 14.9. The highest BCUT2D eigenvalue weighted by Gasteiger charge is 2.21. The second-order valence-corrected chi connectivity index (χ2v) is 16.0. The highest BCUT2D eigenvalue weighted by Crippen LogP contribution is 2.42. The van der Waals surface area contributed by atoms with E-state index in [0.717, 1.165) is 44.5 Å². The van der Waals surface area contributed by atoms with Crippen molar-refractivity contribution in [3.05, 3.63) is 218 Å². The van der Waals surface area contributed by atoms with Crippen molar-refractivity contribution in [3.63, 3.8) is 0 Å². The maximum absolute atomic E-state index is 9.37. The highest BCUT2D eigenvalue weighted by molar-refractivity contribution is 7.26. The van der Waals surface area contributed by atoms with Gasteiger partial charge in [0.1, 0.15) is 0 Å². The number of hydrogen-bond acceptors (Lipinski definition) is 4. The number of para-hydroxylation sites is 2. The molecule has 3 aromatic heterocycles. The van der Waals surface area contributed by atoms with Gasteiger partial charge in [-0.05, 0) is 69.7 Å². The maximum Gasteiger partial charge on any atom is 0.166 e. The molecule has 62 heavy (non-hydrogen) atoms. The van der Waals surface area contributed by atoms with E-state index in [-0.39, 0.29) is 27.6 Å². The van der Waals surface area contributed by atoms with Gasteiger partial charge in [-0.15, -0.1) is 11.3 Å². The SMILES string of the molecule is [2H]c1c([2H])c([2H])c2c(c1[2H])c1c([2H])c([2H])c([2H])c([2H])c1n2-c1cc(-c2ccccc2)ccc1-c1nc(-c2ccc(-c3ccccc3)cc2)nc(-c2cccc(-c3cccc4c3sc3ccccc34)c2)n1. The third-order valence-electron chi connectivity index (χ3n) is 11.3. The predicted molar refractivity (Wildman–Crippen MR) is 260 cm³/mol. The fourth-order valence-corrected chi connectivity index (χ4v) is 9.61. The van der Waals surface area contributed by atoms with Crippen LogP contribution in [0.5, 0.6) is 0 Å². The van der Waals surface area contributed by atoms with Crippen LogP contribution < -0.4 is 0 Å². The minimum Gasteiger partial charge on any atom is -0.308 e. The number of nitrogens with zero attached hydrogens (tertiary/aromatic N) is 4. The van der Waals surface area contributed by atoms with Crippen molar-refractivity contribution in [2.45, 2.75) is 0 Å². The molecule has 0 saturated carbocycles. The third-order valence-corrected chi connectivity index (χ3v) is 12.6. The Kier molecular flexibility index (Phi) is 6.86. The van der Waals surface area contributed by atoms with Crippen LogP contribution in [0.15, 0.2) is 218 Å². The van der Waals surface area contributed by atoms with E-state index in [0.29, 0.717) is 22.9 Å². The van der Waals surface area contributed by atoms with E-state index >= 15 is 0 Å². The van der Waals surface area contributed by atoms with Crippen molar-refractivity contribution in [2.75, 3.05) is 0 Å². The Labute approximate surface area is 374 Å². The molecule has 12 rings (SSSR count). The average molecular weight is 817 g/mol. The van der Waals surface area contributed by atoms with Gasteiger partial charge in [0.15, 0.2) is 17.5 Å². The Morgan fingerprint density at radius 1 is 0.371 bits per heavy atom.